The van der Waals surface area contributed by atoms with E-state index in [9.17, 15) is 30.4 Å². The number of fused-ring (bicyclic) bond motifs is 1. The number of nitrogens with two attached hydrogens (primary N) is 1. The Labute approximate surface area is 246 Å². The molecule has 2 aromatic carbocycles. The van der Waals surface area contributed by atoms with Gasteiger partial charge in [-0.15, -0.1) is 0 Å². The van der Waals surface area contributed by atoms with Gasteiger partial charge in [0.1, 0.15) is 40.9 Å². The lowest BCUT2D eigenvalue weighted by molar-refractivity contribution is -0.115. The number of benzene rings is 2. The molecule has 0 radical (unpaired) electrons. The Kier molecular flexibility index (Phi) is 8.07. The molecule has 3 heterocycles. The first-order chi connectivity index (χ1) is 20.7. The number of ether oxygens (including phenoxy) is 1. The maximum atomic E-state index is 13.1. The first-order valence-corrected chi connectivity index (χ1v) is 14.6. The maximum Gasteiger partial charge on any atom is 0.405 e. The Bertz CT molecular complexity index is 1920. The van der Waals surface area contributed by atoms with Crippen molar-refractivity contribution in [2.24, 2.45) is 0 Å². The second kappa shape index (κ2) is 11.6. The van der Waals surface area contributed by atoms with Gasteiger partial charge in [0.2, 0.25) is 5.95 Å². The van der Waals surface area contributed by atoms with Crippen molar-refractivity contribution in [3.05, 3.63) is 72.3 Å². The lowest BCUT2D eigenvalue weighted by Gasteiger charge is -2.19. The molecule has 5 aromatic rings. The molecular formula is C27H23F5N8O3S. The second-order valence-electron chi connectivity index (χ2n) is 9.66. The number of nitrogens with zero attached hydrogens (tertiary/aromatic N) is 6. The first-order valence-electron chi connectivity index (χ1n) is 12.7. The Hall–Kier alpha value is -4.93. The van der Waals surface area contributed by atoms with Gasteiger partial charge in [-0.25, -0.2) is 28.1 Å². The molecule has 3 aromatic heterocycles. The fourth-order valence-corrected chi connectivity index (χ4v) is 5.34. The number of nitrogens with one attached hydrogen (secondary N) is 1. The highest BCUT2D eigenvalue weighted by atomic mass is 32.2. The van der Waals surface area contributed by atoms with Crippen molar-refractivity contribution in [3.8, 4) is 22.7 Å². The van der Waals surface area contributed by atoms with E-state index in [-0.39, 0.29) is 34.1 Å². The zero-order valence-corrected chi connectivity index (χ0v) is 23.7. The molecule has 0 amide bonds. The van der Waals surface area contributed by atoms with Crippen LogP contribution in [0.4, 0.5) is 33.7 Å². The molecule has 0 spiro atoms. The molecule has 3 N–H and O–H groups in total. The largest absolute Gasteiger partial charge is 0.433 e. The number of alkyl halides is 5. The molecule has 44 heavy (non-hydrogen) atoms. The fourth-order valence-electron chi connectivity index (χ4n) is 4.52. The average molecular weight is 635 g/mol. The van der Waals surface area contributed by atoms with Crippen LogP contribution >= 0.6 is 0 Å². The van der Waals surface area contributed by atoms with Gasteiger partial charge in [0.25, 0.3) is 0 Å². The normalized spacial score (nSPS) is 12.9. The van der Waals surface area contributed by atoms with E-state index in [1.165, 1.54) is 18.7 Å². The summed E-state index contributed by atoms with van der Waals surface area (Å²) in [6, 6.07) is 12.3. The van der Waals surface area contributed by atoms with E-state index in [0.29, 0.717) is 5.56 Å². The molecular weight excluding hydrogens is 611 g/mol. The molecule has 0 aliphatic rings. The number of pyridine rings is 1. The van der Waals surface area contributed by atoms with Gasteiger partial charge in [0.05, 0.1) is 11.4 Å². The van der Waals surface area contributed by atoms with Crippen LogP contribution in [-0.4, -0.2) is 63.7 Å². The number of sulfone groups is 1. The summed E-state index contributed by atoms with van der Waals surface area (Å²) in [4.78, 5) is 16.1. The minimum atomic E-state index is -4.60. The van der Waals surface area contributed by atoms with Crippen molar-refractivity contribution in [1.82, 2.24) is 29.7 Å². The third kappa shape index (κ3) is 6.66. The summed E-state index contributed by atoms with van der Waals surface area (Å²) < 4.78 is 96.3. The van der Waals surface area contributed by atoms with Crippen LogP contribution < -0.4 is 15.8 Å². The zero-order chi connectivity index (χ0) is 31.8. The molecule has 0 bridgehead atoms. The summed E-state index contributed by atoms with van der Waals surface area (Å²) in [6.07, 6.45) is -0.864. The summed E-state index contributed by atoms with van der Waals surface area (Å²) in [7, 11) is -4.06. The number of hydrogen-bond acceptors (Lipinski definition) is 10. The van der Waals surface area contributed by atoms with Crippen LogP contribution in [0.3, 0.4) is 0 Å². The van der Waals surface area contributed by atoms with E-state index in [1.54, 1.807) is 22.9 Å². The van der Waals surface area contributed by atoms with Crippen LogP contribution in [0.5, 0.6) is 5.75 Å². The molecule has 230 valence electrons. The Morgan fingerprint density at radius 1 is 1.02 bits per heavy atom. The summed E-state index contributed by atoms with van der Waals surface area (Å²) in [5, 5.41) is 6.30. The van der Waals surface area contributed by atoms with Crippen molar-refractivity contribution < 1.29 is 35.1 Å². The van der Waals surface area contributed by atoms with Gasteiger partial charge in [-0.1, -0.05) is 19.1 Å². The van der Waals surface area contributed by atoms with Crippen LogP contribution in [0, 0.1) is 0 Å². The molecule has 0 aliphatic carbocycles. The van der Waals surface area contributed by atoms with Crippen LogP contribution in [0.25, 0.3) is 28.0 Å². The number of rotatable bonds is 9. The lowest BCUT2D eigenvalue weighted by Crippen LogP contribution is -2.22. The highest BCUT2D eigenvalue weighted by Gasteiger charge is 2.28. The van der Waals surface area contributed by atoms with Crippen LogP contribution in [0.15, 0.2) is 66.1 Å². The van der Waals surface area contributed by atoms with Gasteiger partial charge >= 0.3 is 12.8 Å². The molecule has 0 fully saturated rings. The van der Waals surface area contributed by atoms with Gasteiger partial charge in [-0.05, 0) is 47.5 Å². The zero-order valence-electron chi connectivity index (χ0n) is 22.9. The second-order valence-corrected chi connectivity index (χ2v) is 11.6. The smallest absolute Gasteiger partial charge is 0.405 e. The SMILES string of the molecule is C[C@H](c1ccc(-n2cncn2)cc1)c1cc(-c2ccc(OC(F)F)c(S(C)(=O)=O)c2)nc2c(NCC(F)(F)F)nc(N)nc12. The molecule has 0 saturated carbocycles. The molecule has 0 saturated heterocycles. The Balaban J connectivity index is 1.70. The molecule has 11 nitrogen and oxygen atoms in total. The lowest BCUT2D eigenvalue weighted by atomic mass is 9.91. The minimum Gasteiger partial charge on any atom is -0.433 e. The van der Waals surface area contributed by atoms with Gasteiger partial charge in [-0.3, -0.25) is 0 Å². The summed E-state index contributed by atoms with van der Waals surface area (Å²) in [6.45, 7) is -2.91. The number of halogens is 5. The third-order valence-electron chi connectivity index (χ3n) is 6.55. The Morgan fingerprint density at radius 3 is 2.36 bits per heavy atom. The molecule has 17 heteroatoms. The Morgan fingerprint density at radius 2 is 1.75 bits per heavy atom. The minimum absolute atomic E-state index is 0.0733. The maximum absolute atomic E-state index is 13.1. The number of anilines is 2. The monoisotopic (exact) mass is 634 g/mol. The van der Waals surface area contributed by atoms with Crippen molar-refractivity contribution in [2.75, 3.05) is 23.9 Å². The van der Waals surface area contributed by atoms with E-state index < -0.39 is 45.7 Å². The fraction of sp³-hybridized carbons (Fsp3) is 0.222. The van der Waals surface area contributed by atoms with Crippen molar-refractivity contribution >= 4 is 32.6 Å². The third-order valence-corrected chi connectivity index (χ3v) is 7.67. The van der Waals surface area contributed by atoms with Crippen LogP contribution in [0.1, 0.15) is 24.0 Å². The van der Waals surface area contributed by atoms with Gasteiger partial charge in [0.15, 0.2) is 15.7 Å². The topological polar surface area (TPSA) is 151 Å². The predicted octanol–water partition coefficient (Wildman–Crippen LogP) is 4.99. The molecule has 0 unspecified atom stereocenters. The first kappa shape index (κ1) is 30.5. The van der Waals surface area contributed by atoms with Gasteiger partial charge < -0.3 is 15.8 Å². The molecule has 5 rings (SSSR count). The quantitative estimate of drug-likeness (QED) is 0.212. The van der Waals surface area contributed by atoms with Crippen LogP contribution in [0.2, 0.25) is 0 Å². The van der Waals surface area contributed by atoms with E-state index in [0.717, 1.165) is 29.6 Å². The van der Waals surface area contributed by atoms with Gasteiger partial charge in [0, 0.05) is 17.7 Å². The van der Waals surface area contributed by atoms with E-state index in [1.807, 2.05) is 19.1 Å². The average Bonchev–Trinajstić information content (AvgIpc) is 3.49. The number of hydrogen-bond donors (Lipinski definition) is 2. The standard InChI is InChI=1S/C27H23F5N8O3S/c1-14(15-3-6-17(7-4-15)40-13-34-12-36-40)18-10-19(16-5-8-20(43-25(28)29)21(9-16)44(2,41)42)37-23-22(18)38-26(33)39-24(23)35-11-27(30,31)32/h3-10,12-14,25H,11H2,1-2H3,(H3,33,35,38,39)/t14-/m1/s1. The van der Waals surface area contributed by atoms with Crippen LogP contribution in [-0.2, 0) is 9.84 Å². The van der Waals surface area contributed by atoms with E-state index in [4.69, 9.17) is 5.73 Å². The van der Waals surface area contributed by atoms with E-state index in [2.05, 4.69) is 35.1 Å². The van der Waals surface area contributed by atoms with Crippen molar-refractivity contribution in [1.29, 1.82) is 0 Å². The van der Waals surface area contributed by atoms with E-state index >= 15 is 0 Å². The molecule has 1 atom stereocenters. The molecule has 0 aliphatic heterocycles. The number of nitrogen functional groups attached to an aromatic ring is 1. The highest BCUT2D eigenvalue weighted by molar-refractivity contribution is 7.90. The van der Waals surface area contributed by atoms with Crippen molar-refractivity contribution in [3.63, 3.8) is 0 Å². The summed E-state index contributed by atoms with van der Waals surface area (Å²) in [5.41, 5.74) is 8.20. The highest BCUT2D eigenvalue weighted by Crippen LogP contribution is 2.37. The predicted molar refractivity (Wildman–Crippen MR) is 150 cm³/mol. The summed E-state index contributed by atoms with van der Waals surface area (Å²) in [5.74, 6) is -1.64. The number of aromatic nitrogens is 6. The summed E-state index contributed by atoms with van der Waals surface area (Å²) >= 11 is 0. The van der Waals surface area contributed by atoms with Gasteiger partial charge in [-0.2, -0.15) is 32.0 Å². The van der Waals surface area contributed by atoms with Crippen molar-refractivity contribution in [2.45, 2.75) is 30.5 Å².